The number of nitrogens with one attached hydrogen (secondary N) is 1. The van der Waals surface area contributed by atoms with Gasteiger partial charge in [-0.1, -0.05) is 6.07 Å². The van der Waals surface area contributed by atoms with Crippen molar-refractivity contribution in [2.75, 3.05) is 7.11 Å². The zero-order chi connectivity index (χ0) is 19.1. The predicted molar refractivity (Wildman–Crippen MR) is 101 cm³/mol. The Balaban J connectivity index is 1.97. The molecule has 0 aliphatic carbocycles. The summed E-state index contributed by atoms with van der Waals surface area (Å²) in [6, 6.07) is 14.0. The van der Waals surface area contributed by atoms with Crippen LogP contribution in [0.3, 0.4) is 0 Å². The number of nitrogens with zero attached hydrogens (tertiary/aromatic N) is 2. The first-order valence-electron chi connectivity index (χ1n) is 8.27. The van der Waals surface area contributed by atoms with Crippen LogP contribution in [0.25, 0.3) is 22.3 Å². The van der Waals surface area contributed by atoms with Crippen molar-refractivity contribution in [2.24, 2.45) is 0 Å². The van der Waals surface area contributed by atoms with Crippen molar-refractivity contribution in [3.63, 3.8) is 0 Å². The number of H-pyrrole nitrogens is 1. The molecule has 0 spiro atoms. The molecule has 4 rings (SSSR count). The molecule has 0 aliphatic rings. The highest BCUT2D eigenvalue weighted by molar-refractivity contribution is 5.81. The molecule has 0 unspecified atom stereocenters. The van der Waals surface area contributed by atoms with E-state index in [9.17, 15) is 14.0 Å². The number of aryl methyl sites for hydroxylation is 1. The Morgan fingerprint density at radius 1 is 1.00 bits per heavy atom. The highest BCUT2D eigenvalue weighted by atomic mass is 19.1. The van der Waals surface area contributed by atoms with Crippen LogP contribution in [-0.2, 0) is 0 Å². The number of pyridine rings is 1. The number of halogens is 1. The molecular formula is C20H16FN3O3. The van der Waals surface area contributed by atoms with Crippen molar-refractivity contribution in [3.8, 4) is 17.1 Å². The lowest BCUT2D eigenvalue weighted by Gasteiger charge is -2.10. The van der Waals surface area contributed by atoms with Gasteiger partial charge >= 0.3 is 0 Å². The van der Waals surface area contributed by atoms with Crippen molar-refractivity contribution in [3.05, 3.63) is 86.8 Å². The molecule has 2 heterocycles. The number of methoxy groups -OCH3 is 1. The van der Waals surface area contributed by atoms with Gasteiger partial charge in [0.05, 0.1) is 23.7 Å². The molecule has 0 atom stereocenters. The van der Waals surface area contributed by atoms with Gasteiger partial charge in [0.1, 0.15) is 11.6 Å². The Labute approximate surface area is 153 Å². The molecule has 2 aromatic carbocycles. The number of aromatic amines is 1. The van der Waals surface area contributed by atoms with Crippen LogP contribution >= 0.6 is 0 Å². The fourth-order valence-electron chi connectivity index (χ4n) is 3.22. The molecule has 27 heavy (non-hydrogen) atoms. The van der Waals surface area contributed by atoms with E-state index >= 15 is 0 Å². The molecule has 0 amide bonds. The first-order chi connectivity index (χ1) is 13.0. The van der Waals surface area contributed by atoms with Gasteiger partial charge in [-0.05, 0) is 49.4 Å². The van der Waals surface area contributed by atoms with Gasteiger partial charge in [-0.25, -0.2) is 9.07 Å². The van der Waals surface area contributed by atoms with Crippen molar-refractivity contribution >= 4 is 10.9 Å². The summed E-state index contributed by atoms with van der Waals surface area (Å²) in [5.41, 5.74) is 1.25. The van der Waals surface area contributed by atoms with E-state index in [2.05, 4.69) is 5.10 Å². The fraction of sp³-hybridized carbons (Fsp3) is 0.100. The molecule has 0 radical (unpaired) electrons. The SMILES string of the molecule is COc1ccc(-n2c(C)c3c(=O)n(-c4cccc(F)c4)[nH]c3cc2=O)cc1. The number of hydrogen-bond donors (Lipinski definition) is 1. The molecule has 0 saturated carbocycles. The largest absolute Gasteiger partial charge is 0.497 e. The molecule has 0 saturated heterocycles. The third-order valence-corrected chi connectivity index (χ3v) is 4.50. The summed E-state index contributed by atoms with van der Waals surface area (Å²) in [5.74, 6) is 0.216. The Kier molecular flexibility index (Phi) is 3.92. The van der Waals surface area contributed by atoms with Gasteiger partial charge in [-0.15, -0.1) is 0 Å². The van der Waals surface area contributed by atoms with E-state index in [4.69, 9.17) is 4.74 Å². The lowest BCUT2D eigenvalue weighted by atomic mass is 10.2. The highest BCUT2D eigenvalue weighted by Gasteiger charge is 2.16. The van der Waals surface area contributed by atoms with Crippen LogP contribution in [0, 0.1) is 12.7 Å². The average Bonchev–Trinajstić information content (AvgIpc) is 2.98. The summed E-state index contributed by atoms with van der Waals surface area (Å²) in [6.45, 7) is 1.71. The maximum Gasteiger partial charge on any atom is 0.280 e. The van der Waals surface area contributed by atoms with Crippen molar-refractivity contribution in [1.29, 1.82) is 0 Å². The van der Waals surface area contributed by atoms with Gasteiger partial charge in [-0.2, -0.15) is 0 Å². The van der Waals surface area contributed by atoms with Crippen molar-refractivity contribution in [2.45, 2.75) is 6.92 Å². The number of aromatic nitrogens is 3. The molecule has 4 aromatic rings. The first kappa shape index (κ1) is 16.8. The number of fused-ring (bicyclic) bond motifs is 1. The van der Waals surface area contributed by atoms with E-state index in [0.717, 1.165) is 0 Å². The summed E-state index contributed by atoms with van der Waals surface area (Å²) in [7, 11) is 1.56. The van der Waals surface area contributed by atoms with Gasteiger partial charge in [0, 0.05) is 17.4 Å². The summed E-state index contributed by atoms with van der Waals surface area (Å²) in [6.07, 6.45) is 0. The molecule has 6 nitrogen and oxygen atoms in total. The van der Waals surface area contributed by atoms with E-state index in [-0.39, 0.29) is 11.1 Å². The van der Waals surface area contributed by atoms with Crippen molar-refractivity contribution < 1.29 is 9.13 Å². The van der Waals surface area contributed by atoms with Gasteiger partial charge in [0.2, 0.25) is 0 Å². The lowest BCUT2D eigenvalue weighted by Crippen LogP contribution is -2.21. The Bertz CT molecular complexity index is 1270. The Hall–Kier alpha value is -3.61. The van der Waals surface area contributed by atoms with E-state index in [1.807, 2.05) is 0 Å². The smallest absolute Gasteiger partial charge is 0.280 e. The summed E-state index contributed by atoms with van der Waals surface area (Å²) in [4.78, 5) is 25.6. The zero-order valence-electron chi connectivity index (χ0n) is 14.7. The molecule has 1 N–H and O–H groups in total. The molecule has 0 aliphatic heterocycles. The van der Waals surface area contributed by atoms with Crippen LogP contribution in [-0.4, -0.2) is 21.5 Å². The van der Waals surface area contributed by atoms with E-state index in [0.29, 0.717) is 33.7 Å². The second kappa shape index (κ2) is 6.28. The van der Waals surface area contributed by atoms with Gasteiger partial charge in [0.25, 0.3) is 11.1 Å². The molecule has 2 aromatic heterocycles. The van der Waals surface area contributed by atoms with Crippen LogP contribution in [0.1, 0.15) is 5.69 Å². The van der Waals surface area contributed by atoms with Gasteiger partial charge in [0.15, 0.2) is 0 Å². The number of hydrogen-bond acceptors (Lipinski definition) is 3. The molecule has 7 heteroatoms. The zero-order valence-corrected chi connectivity index (χ0v) is 14.7. The van der Waals surface area contributed by atoms with Crippen LogP contribution in [0.4, 0.5) is 4.39 Å². The van der Waals surface area contributed by atoms with Gasteiger partial charge < -0.3 is 4.74 Å². The monoisotopic (exact) mass is 365 g/mol. The van der Waals surface area contributed by atoms with Gasteiger partial charge in [-0.3, -0.25) is 19.3 Å². The number of benzene rings is 2. The summed E-state index contributed by atoms with van der Waals surface area (Å²) in [5, 5.41) is 3.26. The maximum atomic E-state index is 13.5. The van der Waals surface area contributed by atoms with Crippen LogP contribution in [0.15, 0.2) is 64.2 Å². The first-order valence-corrected chi connectivity index (χ1v) is 8.27. The lowest BCUT2D eigenvalue weighted by molar-refractivity contribution is 0.414. The molecule has 0 fully saturated rings. The number of rotatable bonds is 3. The summed E-state index contributed by atoms with van der Waals surface area (Å²) >= 11 is 0. The van der Waals surface area contributed by atoms with E-state index in [1.54, 1.807) is 44.4 Å². The minimum Gasteiger partial charge on any atom is -0.497 e. The van der Waals surface area contributed by atoms with E-state index in [1.165, 1.54) is 33.5 Å². The molecular weight excluding hydrogens is 349 g/mol. The normalized spacial score (nSPS) is 11.1. The van der Waals surface area contributed by atoms with Crippen molar-refractivity contribution in [1.82, 2.24) is 14.3 Å². The fourth-order valence-corrected chi connectivity index (χ4v) is 3.22. The van der Waals surface area contributed by atoms with E-state index < -0.39 is 5.82 Å². The second-order valence-corrected chi connectivity index (χ2v) is 6.12. The van der Waals surface area contributed by atoms with Crippen LogP contribution < -0.4 is 15.9 Å². The molecule has 0 bridgehead atoms. The standard InChI is InChI=1S/C20H16FN3O3/c1-12-19-17(22-24(20(19)26)15-5-3-4-13(21)10-15)11-18(25)23(12)14-6-8-16(27-2)9-7-14/h3-11,22H,1-2H3. The quantitative estimate of drug-likeness (QED) is 0.607. The predicted octanol–water partition coefficient (Wildman–Crippen LogP) is 2.93. The molecule has 136 valence electrons. The minimum absolute atomic E-state index is 0.280. The second-order valence-electron chi connectivity index (χ2n) is 6.12. The Morgan fingerprint density at radius 3 is 2.41 bits per heavy atom. The third kappa shape index (κ3) is 2.73. The van der Waals surface area contributed by atoms with Crippen LogP contribution in [0.5, 0.6) is 5.75 Å². The average molecular weight is 365 g/mol. The maximum absolute atomic E-state index is 13.5. The summed E-state index contributed by atoms with van der Waals surface area (Å²) < 4.78 is 21.4. The number of ether oxygens (including phenoxy) is 1. The minimum atomic E-state index is -0.451. The van der Waals surface area contributed by atoms with Crippen LogP contribution in [0.2, 0.25) is 0 Å². The Morgan fingerprint density at radius 2 is 1.74 bits per heavy atom. The third-order valence-electron chi connectivity index (χ3n) is 4.50. The topological polar surface area (TPSA) is 69.0 Å². The highest BCUT2D eigenvalue weighted by Crippen LogP contribution is 2.19.